The minimum Gasteiger partial charge on any atom is -0.755 e. The van der Waals surface area contributed by atoms with Crippen molar-refractivity contribution < 1.29 is 9.39 Å². The van der Waals surface area contributed by atoms with Crippen molar-refractivity contribution in [2.24, 2.45) is 0 Å². The zero-order valence-electron chi connectivity index (χ0n) is 9.48. The largest absolute Gasteiger partial charge is 0.755 e. The van der Waals surface area contributed by atoms with Gasteiger partial charge < -0.3 is 10.4 Å². The molecule has 0 spiro atoms. The Kier molecular flexibility index (Phi) is 1.62. The Morgan fingerprint density at radius 1 is 1.05 bits per heavy atom. The van der Waals surface area contributed by atoms with Crippen molar-refractivity contribution in [1.29, 1.82) is 0 Å². The number of hydrogen-bond donors (Lipinski definition) is 0. The van der Waals surface area contributed by atoms with Crippen LogP contribution in [0, 0.1) is 15.3 Å². The molecule has 7 heteroatoms. The van der Waals surface area contributed by atoms with E-state index in [4.69, 9.17) is 0 Å². The first kappa shape index (κ1) is 10.0. The van der Waals surface area contributed by atoms with E-state index < -0.39 is 0 Å². The summed E-state index contributed by atoms with van der Waals surface area (Å²) >= 11 is 0. The average molecular weight is 254 g/mol. The molecule has 0 N–H and O–H groups in total. The fraction of sp³-hybridized carbons (Fsp3) is 0. The molecule has 92 valence electrons. The quantitative estimate of drug-likeness (QED) is 0.262. The third-order valence-corrected chi connectivity index (χ3v) is 3.27. The van der Waals surface area contributed by atoms with Crippen LogP contribution in [0.2, 0.25) is 0 Å². The van der Waals surface area contributed by atoms with Crippen molar-refractivity contribution in [3.05, 3.63) is 51.7 Å². The SMILES string of the molecule is O=[n+]1c2cccc3c2c2c(cccc2n1[O-])n[n+]3[O-]. The molecule has 7 nitrogen and oxygen atoms in total. The standard InChI is InChI=1S/C12H6N4O3/c17-14-8-4-2-6-10-12(8)11-7(13-14)3-1-5-9(11)15(18)16(10)19/h1-6H. The number of nitrogens with zero attached hydrogens (tertiary/aromatic N) is 4. The third-order valence-electron chi connectivity index (χ3n) is 3.27. The first-order valence-corrected chi connectivity index (χ1v) is 5.58. The summed E-state index contributed by atoms with van der Waals surface area (Å²) in [6.45, 7) is 0. The zero-order valence-corrected chi connectivity index (χ0v) is 9.48. The fourth-order valence-corrected chi connectivity index (χ4v) is 2.48. The Bertz CT molecular complexity index is 1010. The van der Waals surface area contributed by atoms with Gasteiger partial charge in [-0.1, -0.05) is 6.07 Å². The van der Waals surface area contributed by atoms with Gasteiger partial charge in [0.2, 0.25) is 0 Å². The summed E-state index contributed by atoms with van der Waals surface area (Å²) in [5.74, 6) is 0. The van der Waals surface area contributed by atoms with Crippen LogP contribution in [-0.4, -0.2) is 9.94 Å². The van der Waals surface area contributed by atoms with Crippen molar-refractivity contribution in [2.75, 3.05) is 0 Å². The molecule has 0 aliphatic carbocycles. The molecule has 0 amide bonds. The summed E-state index contributed by atoms with van der Waals surface area (Å²) in [6.07, 6.45) is 0. The summed E-state index contributed by atoms with van der Waals surface area (Å²) < 4.78 is 0.240. The summed E-state index contributed by atoms with van der Waals surface area (Å²) in [7, 11) is 0. The molecule has 19 heavy (non-hydrogen) atoms. The highest BCUT2D eigenvalue weighted by Crippen LogP contribution is 2.28. The first-order chi connectivity index (χ1) is 9.18. The molecular weight excluding hydrogens is 248 g/mol. The van der Waals surface area contributed by atoms with Gasteiger partial charge >= 0.3 is 5.52 Å². The molecule has 2 heterocycles. The van der Waals surface area contributed by atoms with E-state index in [0.717, 1.165) is 0 Å². The number of rotatable bonds is 0. The van der Waals surface area contributed by atoms with Gasteiger partial charge in [0, 0.05) is 17.2 Å². The van der Waals surface area contributed by atoms with Crippen LogP contribution in [0.1, 0.15) is 0 Å². The maximum absolute atomic E-state index is 12.0. The van der Waals surface area contributed by atoms with E-state index in [0.29, 0.717) is 21.1 Å². The van der Waals surface area contributed by atoms with Gasteiger partial charge in [-0.3, -0.25) is 0 Å². The Labute approximate surface area is 105 Å². The van der Waals surface area contributed by atoms with Crippen LogP contribution in [0.15, 0.2) is 36.4 Å². The minimum absolute atomic E-state index is 0.156. The zero-order chi connectivity index (χ0) is 13.1. The lowest BCUT2D eigenvalue weighted by Gasteiger charge is -2.09. The second-order valence-electron chi connectivity index (χ2n) is 4.26. The molecule has 0 fully saturated rings. The normalized spacial score (nSPS) is 11.8. The van der Waals surface area contributed by atoms with Gasteiger partial charge in [0.15, 0.2) is 4.54 Å². The molecule has 4 rings (SSSR count). The smallest absolute Gasteiger partial charge is 0.307 e. The lowest BCUT2D eigenvalue weighted by Crippen LogP contribution is -2.35. The molecule has 0 aliphatic heterocycles. The molecule has 0 unspecified atom stereocenters. The average Bonchev–Trinajstić information content (AvgIpc) is 2.43. The molecule has 0 aliphatic rings. The van der Waals surface area contributed by atoms with Gasteiger partial charge in [-0.05, 0) is 23.0 Å². The minimum atomic E-state index is 0.156. The van der Waals surface area contributed by atoms with Crippen molar-refractivity contribution in [2.45, 2.75) is 0 Å². The molecule has 2 aromatic carbocycles. The van der Waals surface area contributed by atoms with Gasteiger partial charge in [0.25, 0.3) is 5.52 Å². The van der Waals surface area contributed by atoms with E-state index in [2.05, 4.69) is 5.10 Å². The van der Waals surface area contributed by atoms with Crippen LogP contribution in [0.3, 0.4) is 0 Å². The molecule has 2 aromatic heterocycles. The number of aromatic nitrogens is 4. The monoisotopic (exact) mass is 254 g/mol. The van der Waals surface area contributed by atoms with Gasteiger partial charge in [-0.25, -0.2) is 0 Å². The van der Waals surface area contributed by atoms with Crippen LogP contribution in [-0.2, 0) is 0 Å². The van der Waals surface area contributed by atoms with Crippen molar-refractivity contribution in [1.82, 2.24) is 9.94 Å². The summed E-state index contributed by atoms with van der Waals surface area (Å²) in [5, 5.41) is 28.7. The summed E-state index contributed by atoms with van der Waals surface area (Å²) in [5.41, 5.74) is 1.01. The molecule has 0 saturated heterocycles. The number of hydrogen-bond acceptors (Lipinski definition) is 4. The van der Waals surface area contributed by atoms with Gasteiger partial charge in [0.1, 0.15) is 16.4 Å². The highest BCUT2D eigenvalue weighted by Gasteiger charge is 2.23. The third kappa shape index (κ3) is 1.06. The predicted molar refractivity (Wildman–Crippen MR) is 67.0 cm³/mol. The topological polar surface area (TPSA) is 90.8 Å². The highest BCUT2D eigenvalue weighted by atomic mass is 16.5. The van der Waals surface area contributed by atoms with E-state index in [1.807, 2.05) is 0 Å². The molecular formula is C12H6N4O3. The maximum Gasteiger partial charge on any atom is 0.307 e. The van der Waals surface area contributed by atoms with Gasteiger partial charge in [-0.15, -0.1) is 4.85 Å². The van der Waals surface area contributed by atoms with Crippen molar-refractivity contribution in [3.8, 4) is 0 Å². The number of benzene rings is 2. The van der Waals surface area contributed by atoms with Gasteiger partial charge in [-0.2, -0.15) is 0 Å². The van der Waals surface area contributed by atoms with E-state index in [9.17, 15) is 15.3 Å². The first-order valence-electron chi connectivity index (χ1n) is 5.58. The van der Waals surface area contributed by atoms with Crippen LogP contribution in [0.5, 0.6) is 0 Å². The lowest BCUT2D eigenvalue weighted by molar-refractivity contribution is -0.640. The van der Waals surface area contributed by atoms with Crippen LogP contribution >= 0.6 is 0 Å². The summed E-state index contributed by atoms with van der Waals surface area (Å²) in [6, 6.07) is 9.39. The molecule has 4 aromatic rings. The maximum atomic E-state index is 12.0. The fourth-order valence-electron chi connectivity index (χ4n) is 2.48. The van der Waals surface area contributed by atoms with Crippen molar-refractivity contribution >= 4 is 32.8 Å². The predicted octanol–water partition coefficient (Wildman–Crippen LogP) is 0.674. The Morgan fingerprint density at radius 2 is 1.79 bits per heavy atom. The highest BCUT2D eigenvalue weighted by molar-refractivity contribution is 6.16. The Hall–Kier alpha value is -2.96. The van der Waals surface area contributed by atoms with Crippen molar-refractivity contribution in [3.63, 3.8) is 0 Å². The van der Waals surface area contributed by atoms with Gasteiger partial charge in [0.05, 0.1) is 10.3 Å². The molecule has 0 atom stereocenters. The second-order valence-corrected chi connectivity index (χ2v) is 4.26. The molecule has 0 saturated carbocycles. The van der Waals surface area contributed by atoms with E-state index >= 15 is 0 Å². The molecule has 0 radical (unpaired) electrons. The lowest BCUT2D eigenvalue weighted by atomic mass is 10.1. The summed E-state index contributed by atoms with van der Waals surface area (Å²) in [4.78, 5) is 12.7. The van der Waals surface area contributed by atoms with Crippen LogP contribution in [0.4, 0.5) is 0 Å². The van der Waals surface area contributed by atoms with E-state index in [1.54, 1.807) is 24.3 Å². The van der Waals surface area contributed by atoms with Crippen LogP contribution < -0.4 is 9.39 Å². The Balaban J connectivity index is 2.57. The van der Waals surface area contributed by atoms with E-state index in [-0.39, 0.29) is 25.9 Å². The second kappa shape index (κ2) is 3.08. The van der Waals surface area contributed by atoms with E-state index in [1.165, 1.54) is 12.1 Å². The van der Waals surface area contributed by atoms with Crippen LogP contribution in [0.25, 0.3) is 32.8 Å². The Morgan fingerprint density at radius 3 is 2.63 bits per heavy atom. The molecule has 0 bridgehead atoms.